The molecule has 1 N–H and O–H groups in total. The van der Waals surface area contributed by atoms with E-state index in [0.717, 1.165) is 38.3 Å². The number of nitrogens with zero attached hydrogens (tertiary/aromatic N) is 3. The van der Waals surface area contributed by atoms with Crippen molar-refractivity contribution in [2.45, 2.75) is 20.8 Å². The maximum Gasteiger partial charge on any atom is 0.295 e. The first-order valence-corrected chi connectivity index (χ1v) is 11.1. The summed E-state index contributed by atoms with van der Waals surface area (Å²) in [6.07, 6.45) is 0. The highest BCUT2D eigenvalue weighted by Crippen LogP contribution is 2.25. The molecule has 1 aromatic heterocycles. The van der Waals surface area contributed by atoms with Crippen LogP contribution in [0.5, 0.6) is 5.75 Å². The summed E-state index contributed by atoms with van der Waals surface area (Å²) in [6.45, 7) is 6.47. The van der Waals surface area contributed by atoms with Gasteiger partial charge in [-0.15, -0.1) is 5.10 Å². The van der Waals surface area contributed by atoms with Crippen molar-refractivity contribution >= 4 is 27.5 Å². The molecule has 0 saturated heterocycles. The summed E-state index contributed by atoms with van der Waals surface area (Å²) in [5.41, 5.74) is 4.42. The van der Waals surface area contributed by atoms with E-state index >= 15 is 0 Å². The second kappa shape index (κ2) is 9.36. The van der Waals surface area contributed by atoms with E-state index in [2.05, 4.69) is 31.3 Å². The number of carbonyl (C=O) groups is 1. The molecule has 0 unspecified atom stereocenters. The minimum Gasteiger partial charge on any atom is -0.494 e. The second-order valence-corrected chi connectivity index (χ2v) is 8.29. The average molecular weight is 491 g/mol. The minimum absolute atomic E-state index is 0.0951. The van der Waals surface area contributed by atoms with Crippen LogP contribution in [0.25, 0.3) is 17.1 Å². The molecule has 0 aliphatic rings. The van der Waals surface area contributed by atoms with Crippen LogP contribution in [0.2, 0.25) is 0 Å². The van der Waals surface area contributed by atoms with Crippen LogP contribution in [-0.2, 0) is 0 Å². The molecule has 0 radical (unpaired) electrons. The van der Waals surface area contributed by atoms with Crippen molar-refractivity contribution in [3.8, 4) is 22.8 Å². The van der Waals surface area contributed by atoms with E-state index in [1.807, 2.05) is 87.5 Å². The number of hydrogen-bond donors (Lipinski definition) is 1. The molecular weight excluding hydrogens is 468 g/mol. The van der Waals surface area contributed by atoms with E-state index in [1.165, 1.54) is 0 Å². The highest BCUT2D eigenvalue weighted by molar-refractivity contribution is 9.10. The summed E-state index contributed by atoms with van der Waals surface area (Å²) in [4.78, 5) is 17.6. The van der Waals surface area contributed by atoms with E-state index in [-0.39, 0.29) is 11.7 Å². The van der Waals surface area contributed by atoms with Crippen LogP contribution >= 0.6 is 15.9 Å². The molecule has 0 saturated carbocycles. The molecule has 162 valence electrons. The molecule has 0 bridgehead atoms. The Balaban J connectivity index is 1.74. The van der Waals surface area contributed by atoms with E-state index in [0.29, 0.717) is 12.4 Å². The van der Waals surface area contributed by atoms with Crippen LogP contribution in [0.15, 0.2) is 71.2 Å². The maximum atomic E-state index is 13.0. The topological polar surface area (TPSA) is 69.0 Å². The lowest BCUT2D eigenvalue weighted by Gasteiger charge is -2.08. The summed E-state index contributed by atoms with van der Waals surface area (Å²) in [6, 6.07) is 21.2. The van der Waals surface area contributed by atoms with Gasteiger partial charge in [-0.05, 0) is 74.4 Å². The summed E-state index contributed by atoms with van der Waals surface area (Å²) >= 11 is 3.46. The Kier molecular flexibility index (Phi) is 6.37. The molecular formula is C25H23BrN4O2. The zero-order chi connectivity index (χ0) is 22.7. The number of benzene rings is 3. The Bertz CT molecular complexity index is 1250. The van der Waals surface area contributed by atoms with Crippen LogP contribution in [0.3, 0.4) is 0 Å². The maximum absolute atomic E-state index is 13.0. The van der Waals surface area contributed by atoms with Gasteiger partial charge in [0.1, 0.15) is 5.75 Å². The largest absolute Gasteiger partial charge is 0.494 e. The van der Waals surface area contributed by atoms with Crippen molar-refractivity contribution in [1.29, 1.82) is 0 Å². The van der Waals surface area contributed by atoms with Gasteiger partial charge in [0.15, 0.2) is 5.82 Å². The Morgan fingerprint density at radius 1 is 1.03 bits per heavy atom. The van der Waals surface area contributed by atoms with E-state index in [1.54, 1.807) is 4.68 Å². The Morgan fingerprint density at radius 3 is 2.44 bits per heavy atom. The fourth-order valence-corrected chi connectivity index (χ4v) is 3.54. The van der Waals surface area contributed by atoms with Gasteiger partial charge in [0.2, 0.25) is 5.82 Å². The normalized spacial score (nSPS) is 10.8. The zero-order valence-corrected chi connectivity index (χ0v) is 19.7. The quantitative estimate of drug-likeness (QED) is 0.361. The van der Waals surface area contributed by atoms with Crippen LogP contribution in [0.4, 0.5) is 5.69 Å². The molecule has 6 nitrogen and oxygen atoms in total. The highest BCUT2D eigenvalue weighted by Gasteiger charge is 2.19. The SMILES string of the molecule is CCOc1ccc(-n2nc(C(=O)Nc3cc(C)ccc3C)nc2-c2ccc(Br)cc2)cc1. The number of amides is 1. The van der Waals surface area contributed by atoms with Crippen molar-refractivity contribution in [3.05, 3.63) is 88.2 Å². The number of anilines is 1. The Labute approximate surface area is 195 Å². The van der Waals surface area contributed by atoms with Crippen molar-refractivity contribution < 1.29 is 9.53 Å². The predicted octanol–water partition coefficient (Wildman–Crippen LogP) is 5.96. The highest BCUT2D eigenvalue weighted by atomic mass is 79.9. The van der Waals surface area contributed by atoms with Gasteiger partial charge < -0.3 is 10.1 Å². The first-order chi connectivity index (χ1) is 15.4. The predicted molar refractivity (Wildman–Crippen MR) is 130 cm³/mol. The number of halogens is 1. The van der Waals surface area contributed by atoms with Crippen LogP contribution in [-0.4, -0.2) is 27.3 Å². The third kappa shape index (κ3) is 4.73. The molecule has 7 heteroatoms. The smallest absolute Gasteiger partial charge is 0.295 e. The van der Waals surface area contributed by atoms with Gasteiger partial charge in [-0.1, -0.05) is 40.2 Å². The molecule has 0 aliphatic carbocycles. The second-order valence-electron chi connectivity index (χ2n) is 7.38. The number of hydrogen-bond acceptors (Lipinski definition) is 4. The van der Waals surface area contributed by atoms with Crippen molar-refractivity contribution in [1.82, 2.24) is 14.8 Å². The lowest BCUT2D eigenvalue weighted by Crippen LogP contribution is -2.15. The number of rotatable bonds is 6. The van der Waals surface area contributed by atoms with Gasteiger partial charge in [0.25, 0.3) is 5.91 Å². The first-order valence-electron chi connectivity index (χ1n) is 10.3. The van der Waals surface area contributed by atoms with E-state index < -0.39 is 0 Å². The standard InChI is InChI=1S/C25H23BrN4O2/c1-4-32-21-13-11-20(12-14-21)30-24(18-7-9-19(26)10-8-18)28-23(29-30)25(31)27-22-15-16(2)5-6-17(22)3/h5-15H,4H2,1-3H3,(H,27,31). The summed E-state index contributed by atoms with van der Waals surface area (Å²) in [7, 11) is 0. The third-order valence-electron chi connectivity index (χ3n) is 4.95. The van der Waals surface area contributed by atoms with Crippen molar-refractivity contribution in [2.24, 2.45) is 0 Å². The molecule has 0 fully saturated rings. The van der Waals surface area contributed by atoms with Gasteiger partial charge in [-0.25, -0.2) is 9.67 Å². The lowest BCUT2D eigenvalue weighted by atomic mass is 10.1. The zero-order valence-electron chi connectivity index (χ0n) is 18.1. The number of nitrogens with one attached hydrogen (secondary N) is 1. The van der Waals surface area contributed by atoms with Crippen molar-refractivity contribution in [3.63, 3.8) is 0 Å². The summed E-state index contributed by atoms with van der Waals surface area (Å²) in [5.74, 6) is 1.08. The van der Waals surface area contributed by atoms with Crippen molar-refractivity contribution in [2.75, 3.05) is 11.9 Å². The van der Waals surface area contributed by atoms with Crippen LogP contribution in [0.1, 0.15) is 28.7 Å². The molecule has 3 aromatic carbocycles. The van der Waals surface area contributed by atoms with Gasteiger partial charge in [-0.2, -0.15) is 0 Å². The number of carbonyl (C=O) groups excluding carboxylic acids is 1. The molecule has 1 heterocycles. The molecule has 4 rings (SSSR count). The first kappa shape index (κ1) is 21.8. The minimum atomic E-state index is -0.359. The van der Waals surface area contributed by atoms with Gasteiger partial charge >= 0.3 is 0 Å². The summed E-state index contributed by atoms with van der Waals surface area (Å²) < 4.78 is 8.18. The fourth-order valence-electron chi connectivity index (χ4n) is 3.27. The monoisotopic (exact) mass is 490 g/mol. The third-order valence-corrected chi connectivity index (χ3v) is 5.47. The van der Waals surface area contributed by atoms with Gasteiger partial charge in [0, 0.05) is 15.7 Å². The van der Waals surface area contributed by atoms with Crippen LogP contribution in [0, 0.1) is 13.8 Å². The van der Waals surface area contributed by atoms with E-state index in [4.69, 9.17) is 4.74 Å². The number of ether oxygens (including phenoxy) is 1. The summed E-state index contributed by atoms with van der Waals surface area (Å²) in [5, 5.41) is 7.49. The Hall–Kier alpha value is -3.45. The molecule has 4 aromatic rings. The molecule has 0 spiro atoms. The fraction of sp³-hybridized carbons (Fsp3) is 0.160. The lowest BCUT2D eigenvalue weighted by molar-refractivity contribution is 0.101. The van der Waals surface area contributed by atoms with Gasteiger partial charge in [0.05, 0.1) is 12.3 Å². The number of aryl methyl sites for hydroxylation is 2. The Morgan fingerprint density at radius 2 is 1.75 bits per heavy atom. The number of aromatic nitrogens is 3. The molecule has 1 amide bonds. The van der Waals surface area contributed by atoms with Crippen LogP contribution < -0.4 is 10.1 Å². The van der Waals surface area contributed by atoms with Gasteiger partial charge in [-0.3, -0.25) is 4.79 Å². The molecule has 0 aliphatic heterocycles. The molecule has 32 heavy (non-hydrogen) atoms. The molecule has 0 atom stereocenters. The average Bonchev–Trinajstić information content (AvgIpc) is 3.23. The van der Waals surface area contributed by atoms with E-state index in [9.17, 15) is 4.79 Å².